The first-order valence-electron chi connectivity index (χ1n) is 9.22. The Balaban J connectivity index is 1.79. The van der Waals surface area contributed by atoms with Crippen molar-refractivity contribution in [3.8, 4) is 11.8 Å². The van der Waals surface area contributed by atoms with Crippen molar-refractivity contribution in [2.75, 3.05) is 31.4 Å². The van der Waals surface area contributed by atoms with Crippen molar-refractivity contribution in [1.82, 2.24) is 4.98 Å². The molecule has 6 heteroatoms. The Labute approximate surface area is 175 Å². The molecule has 6 nitrogen and oxygen atoms in total. The molecule has 0 saturated heterocycles. The average molecular weight is 399 g/mol. The second-order valence-electron chi connectivity index (χ2n) is 6.63. The van der Waals surface area contributed by atoms with Gasteiger partial charge >= 0.3 is 5.97 Å². The molecule has 0 aliphatic heterocycles. The summed E-state index contributed by atoms with van der Waals surface area (Å²) in [5.41, 5.74) is 2.98. The summed E-state index contributed by atoms with van der Waals surface area (Å²) >= 11 is 0. The number of anilines is 2. The van der Waals surface area contributed by atoms with Gasteiger partial charge in [-0.25, -0.2) is 9.78 Å². The van der Waals surface area contributed by atoms with Crippen LogP contribution in [-0.2, 0) is 4.74 Å². The number of carbonyl (C=O) groups excluding carboxylic acids is 2. The van der Waals surface area contributed by atoms with E-state index in [0.29, 0.717) is 28.2 Å². The molecule has 0 unspecified atom stereocenters. The van der Waals surface area contributed by atoms with Crippen molar-refractivity contribution < 1.29 is 14.3 Å². The maximum absolute atomic E-state index is 12.7. The summed E-state index contributed by atoms with van der Waals surface area (Å²) in [7, 11) is 5.02. The van der Waals surface area contributed by atoms with Gasteiger partial charge in [-0.15, -0.1) is 0 Å². The second-order valence-corrected chi connectivity index (χ2v) is 6.63. The fourth-order valence-corrected chi connectivity index (χ4v) is 2.79. The third-order valence-corrected chi connectivity index (χ3v) is 4.21. The number of nitrogens with zero attached hydrogens (tertiary/aromatic N) is 2. The lowest BCUT2D eigenvalue weighted by Crippen LogP contribution is -2.19. The molecule has 0 atom stereocenters. The third kappa shape index (κ3) is 5.03. The van der Waals surface area contributed by atoms with E-state index in [4.69, 9.17) is 4.74 Å². The average Bonchev–Trinajstić information content (AvgIpc) is 2.77. The van der Waals surface area contributed by atoms with Gasteiger partial charge in [-0.1, -0.05) is 24.0 Å². The molecule has 150 valence electrons. The smallest absolute Gasteiger partial charge is 0.337 e. The topological polar surface area (TPSA) is 71.5 Å². The predicted molar refractivity (Wildman–Crippen MR) is 117 cm³/mol. The molecule has 0 aliphatic carbocycles. The molecule has 0 spiro atoms. The molecule has 30 heavy (non-hydrogen) atoms. The van der Waals surface area contributed by atoms with Gasteiger partial charge in [0.05, 0.1) is 18.2 Å². The minimum Gasteiger partial charge on any atom is -0.465 e. The second kappa shape index (κ2) is 9.39. The maximum atomic E-state index is 12.7. The molecule has 0 aliphatic rings. The van der Waals surface area contributed by atoms with E-state index in [2.05, 4.69) is 22.1 Å². The normalized spacial score (nSPS) is 9.83. The van der Waals surface area contributed by atoms with E-state index in [9.17, 15) is 9.59 Å². The Morgan fingerprint density at radius 1 is 0.967 bits per heavy atom. The highest BCUT2D eigenvalue weighted by Gasteiger charge is 2.13. The molecule has 0 bridgehead atoms. The van der Waals surface area contributed by atoms with Crippen molar-refractivity contribution in [2.24, 2.45) is 0 Å². The SMILES string of the molecule is COC(=O)c1cccc(C#Cc2cccc(NC(=O)c3cccnc3N(C)C)c2)c1. The van der Waals surface area contributed by atoms with Crippen LogP contribution in [0, 0.1) is 11.8 Å². The van der Waals surface area contributed by atoms with Gasteiger partial charge in [0.15, 0.2) is 0 Å². The highest BCUT2D eigenvalue weighted by atomic mass is 16.5. The highest BCUT2D eigenvalue weighted by molar-refractivity contribution is 6.07. The largest absolute Gasteiger partial charge is 0.465 e. The predicted octanol–water partition coefficient (Wildman–Crippen LogP) is 3.59. The Bertz CT molecular complexity index is 1140. The van der Waals surface area contributed by atoms with E-state index < -0.39 is 5.97 Å². The first kappa shape index (κ1) is 20.6. The molecule has 0 fully saturated rings. The van der Waals surface area contributed by atoms with Gasteiger partial charge in [-0.05, 0) is 48.5 Å². The van der Waals surface area contributed by atoms with Gasteiger partial charge in [0.1, 0.15) is 5.82 Å². The van der Waals surface area contributed by atoms with Crippen LogP contribution in [0.15, 0.2) is 66.9 Å². The van der Waals surface area contributed by atoms with Crippen LogP contribution in [0.3, 0.4) is 0 Å². The number of methoxy groups -OCH3 is 1. The summed E-state index contributed by atoms with van der Waals surface area (Å²) in [6, 6.07) is 17.6. The van der Waals surface area contributed by atoms with E-state index in [1.165, 1.54) is 7.11 Å². The van der Waals surface area contributed by atoms with Crippen LogP contribution in [-0.4, -0.2) is 38.1 Å². The first-order chi connectivity index (χ1) is 14.5. The van der Waals surface area contributed by atoms with Crippen LogP contribution >= 0.6 is 0 Å². The van der Waals surface area contributed by atoms with Crippen molar-refractivity contribution in [1.29, 1.82) is 0 Å². The summed E-state index contributed by atoms with van der Waals surface area (Å²) in [5.74, 6) is 6.02. The van der Waals surface area contributed by atoms with Crippen molar-refractivity contribution >= 4 is 23.4 Å². The van der Waals surface area contributed by atoms with Gasteiger partial charge in [0.2, 0.25) is 0 Å². The Kier molecular flexibility index (Phi) is 6.46. The van der Waals surface area contributed by atoms with Crippen molar-refractivity contribution in [3.05, 3.63) is 89.1 Å². The number of rotatable bonds is 4. The molecule has 3 aromatic rings. The molecule has 1 amide bonds. The van der Waals surface area contributed by atoms with E-state index in [-0.39, 0.29) is 5.91 Å². The molecular weight excluding hydrogens is 378 g/mol. The zero-order chi connectivity index (χ0) is 21.5. The summed E-state index contributed by atoms with van der Waals surface area (Å²) < 4.78 is 4.73. The summed E-state index contributed by atoms with van der Waals surface area (Å²) in [6.45, 7) is 0. The monoisotopic (exact) mass is 399 g/mol. The van der Waals surface area contributed by atoms with Crippen LogP contribution in [0.4, 0.5) is 11.5 Å². The number of benzene rings is 2. The number of aromatic nitrogens is 1. The fourth-order valence-electron chi connectivity index (χ4n) is 2.79. The number of pyridine rings is 1. The number of amides is 1. The van der Waals surface area contributed by atoms with Gasteiger partial charge in [-0.2, -0.15) is 0 Å². The van der Waals surface area contributed by atoms with Gasteiger partial charge < -0.3 is 15.0 Å². The maximum Gasteiger partial charge on any atom is 0.337 e. The Morgan fingerprint density at radius 3 is 2.37 bits per heavy atom. The van der Waals surface area contributed by atoms with Crippen LogP contribution in [0.2, 0.25) is 0 Å². The van der Waals surface area contributed by atoms with Crippen LogP contribution in [0.1, 0.15) is 31.8 Å². The number of hydrogen-bond donors (Lipinski definition) is 1. The molecule has 1 heterocycles. The number of nitrogens with one attached hydrogen (secondary N) is 1. The fraction of sp³-hybridized carbons (Fsp3) is 0.125. The number of esters is 1. The Morgan fingerprint density at radius 2 is 1.67 bits per heavy atom. The molecule has 0 radical (unpaired) electrons. The lowest BCUT2D eigenvalue weighted by atomic mass is 10.1. The lowest BCUT2D eigenvalue weighted by Gasteiger charge is -2.15. The molecule has 2 aromatic carbocycles. The van der Waals surface area contributed by atoms with Gasteiger partial charge in [-0.3, -0.25) is 4.79 Å². The third-order valence-electron chi connectivity index (χ3n) is 4.21. The minimum absolute atomic E-state index is 0.248. The van der Waals surface area contributed by atoms with Crippen LogP contribution in [0.5, 0.6) is 0 Å². The van der Waals surface area contributed by atoms with Crippen LogP contribution < -0.4 is 10.2 Å². The summed E-state index contributed by atoms with van der Waals surface area (Å²) in [5, 5.41) is 2.89. The molecule has 1 aromatic heterocycles. The van der Waals surface area contributed by atoms with Crippen LogP contribution in [0.25, 0.3) is 0 Å². The molecule has 1 N–H and O–H groups in total. The van der Waals surface area contributed by atoms with E-state index >= 15 is 0 Å². The summed E-state index contributed by atoms with van der Waals surface area (Å²) in [4.78, 5) is 30.4. The molecule has 3 rings (SSSR count). The number of ether oxygens (including phenoxy) is 1. The number of carbonyl (C=O) groups is 2. The Hall–Kier alpha value is -4.11. The standard InChI is InChI=1S/C24H21N3O3/c1-27(2)22-21(11-6-14-25-22)23(28)26-20-10-5-8-18(16-20)13-12-17-7-4-9-19(15-17)24(29)30-3/h4-11,14-16H,1-3H3,(H,26,28). The quantitative estimate of drug-likeness (QED) is 0.536. The van der Waals surface area contributed by atoms with Crippen molar-refractivity contribution in [3.63, 3.8) is 0 Å². The number of hydrogen-bond acceptors (Lipinski definition) is 5. The molecule has 0 saturated carbocycles. The van der Waals surface area contributed by atoms with E-state index in [0.717, 1.165) is 5.56 Å². The van der Waals surface area contributed by atoms with Gasteiger partial charge in [0.25, 0.3) is 5.91 Å². The minimum atomic E-state index is -0.407. The summed E-state index contributed by atoms with van der Waals surface area (Å²) in [6.07, 6.45) is 1.65. The highest BCUT2D eigenvalue weighted by Crippen LogP contribution is 2.17. The zero-order valence-electron chi connectivity index (χ0n) is 17.0. The lowest BCUT2D eigenvalue weighted by molar-refractivity contribution is 0.0600. The van der Waals surface area contributed by atoms with E-state index in [1.54, 1.807) is 53.6 Å². The first-order valence-corrected chi connectivity index (χ1v) is 9.22. The zero-order valence-corrected chi connectivity index (χ0v) is 17.0. The van der Waals surface area contributed by atoms with Gasteiger partial charge in [0, 0.05) is 37.1 Å². The van der Waals surface area contributed by atoms with E-state index in [1.807, 2.05) is 32.3 Å². The molecular formula is C24H21N3O3. The van der Waals surface area contributed by atoms with Crippen molar-refractivity contribution in [2.45, 2.75) is 0 Å².